The molecule has 0 saturated carbocycles. The average Bonchev–Trinajstić information content (AvgIpc) is 2.89. The number of hydrogen-bond donors (Lipinski definition) is 0. The lowest BCUT2D eigenvalue weighted by atomic mass is 10.0. The Morgan fingerprint density at radius 1 is 0.441 bits per heavy atom. The fraction of sp³-hybridized carbons (Fsp3) is 0.0667. The third-order valence-corrected chi connectivity index (χ3v) is 5.73. The zero-order chi connectivity index (χ0) is 22.7. The molecule has 0 unspecified atom stereocenters. The smallest absolute Gasteiger partial charge is 0.169 e. The molecule has 0 atom stereocenters. The van der Waals surface area contributed by atoms with Gasteiger partial charge in [0.25, 0.3) is 0 Å². The maximum absolute atomic E-state index is 5.96. The number of rotatable bonds is 3. The molecule has 0 amide bonds. The third kappa shape index (κ3) is 4.26. The molecule has 4 heteroatoms. The molecule has 34 heavy (non-hydrogen) atoms. The van der Waals surface area contributed by atoms with E-state index >= 15 is 0 Å². The molecule has 0 aromatic heterocycles. The molecule has 6 rings (SSSR count). The topological polar surface area (TPSA) is 36.9 Å². The molecule has 4 nitrogen and oxygen atoms in total. The van der Waals surface area contributed by atoms with Gasteiger partial charge >= 0.3 is 0 Å². The van der Waals surface area contributed by atoms with Crippen molar-refractivity contribution in [3.05, 3.63) is 120 Å². The van der Waals surface area contributed by atoms with E-state index in [1.54, 1.807) is 0 Å². The van der Waals surface area contributed by atoms with Gasteiger partial charge in [-0.2, -0.15) is 0 Å². The molecule has 2 aliphatic heterocycles. The van der Waals surface area contributed by atoms with Crippen LogP contribution in [0.1, 0.15) is 11.1 Å². The molecule has 0 radical (unpaired) electrons. The van der Waals surface area contributed by atoms with Crippen LogP contribution in [0.5, 0.6) is 23.0 Å². The van der Waals surface area contributed by atoms with Crippen LogP contribution in [0, 0.1) is 0 Å². The minimum absolute atomic E-state index is 0.427. The molecule has 0 N–H and O–H groups in total. The largest absolute Gasteiger partial charge is 0.482 e. The van der Waals surface area contributed by atoms with Gasteiger partial charge in [-0.3, -0.25) is 0 Å². The van der Waals surface area contributed by atoms with Crippen LogP contribution >= 0.6 is 0 Å². The standard InChI is InChI=1S/C30H22O4/c1-3-7-29-27(5-1)31-19-25(33-29)17-21-9-13-23(14-10-21)24-15-11-22(12-16-24)18-26-20-32-28-6-2-4-8-30(28)34-26/h1-18H,19-20H2/b25-17-,26-18-. The molecular weight excluding hydrogens is 424 g/mol. The zero-order valence-corrected chi connectivity index (χ0v) is 18.4. The van der Waals surface area contributed by atoms with Crippen molar-refractivity contribution in [3.8, 4) is 34.1 Å². The monoisotopic (exact) mass is 446 g/mol. The lowest BCUT2D eigenvalue weighted by Crippen LogP contribution is -2.13. The average molecular weight is 447 g/mol. The van der Waals surface area contributed by atoms with E-state index in [1.165, 1.54) is 0 Å². The highest BCUT2D eigenvalue weighted by atomic mass is 16.6. The third-order valence-electron chi connectivity index (χ3n) is 5.73. The fourth-order valence-corrected chi connectivity index (χ4v) is 4.00. The van der Waals surface area contributed by atoms with Crippen molar-refractivity contribution >= 4 is 12.2 Å². The molecule has 166 valence electrons. The summed E-state index contributed by atoms with van der Waals surface area (Å²) < 4.78 is 23.5. The molecule has 0 saturated heterocycles. The second kappa shape index (κ2) is 8.83. The number of para-hydroxylation sites is 4. The molecule has 2 heterocycles. The molecular formula is C30H22O4. The first kappa shape index (κ1) is 20.2. The normalized spacial score (nSPS) is 16.5. The highest BCUT2D eigenvalue weighted by Crippen LogP contribution is 2.34. The summed E-state index contributed by atoms with van der Waals surface area (Å²) in [5, 5.41) is 0. The van der Waals surface area contributed by atoms with Crippen molar-refractivity contribution in [2.45, 2.75) is 0 Å². The quantitative estimate of drug-likeness (QED) is 0.340. The van der Waals surface area contributed by atoms with Crippen LogP contribution in [0.15, 0.2) is 109 Å². The second-order valence-electron chi connectivity index (χ2n) is 8.14. The Balaban J connectivity index is 1.14. The number of fused-ring (bicyclic) bond motifs is 2. The Hall–Kier alpha value is -4.44. The minimum Gasteiger partial charge on any atom is -0.482 e. The van der Waals surface area contributed by atoms with Crippen LogP contribution in [0.2, 0.25) is 0 Å². The number of ether oxygens (including phenoxy) is 4. The van der Waals surface area contributed by atoms with Gasteiger partial charge in [-0.1, -0.05) is 72.8 Å². The van der Waals surface area contributed by atoms with Crippen molar-refractivity contribution in [1.82, 2.24) is 0 Å². The van der Waals surface area contributed by atoms with Crippen LogP contribution in [0.4, 0.5) is 0 Å². The van der Waals surface area contributed by atoms with E-state index in [2.05, 4.69) is 48.5 Å². The Bertz CT molecular complexity index is 1270. The predicted octanol–water partition coefficient (Wildman–Crippen LogP) is 6.98. The zero-order valence-electron chi connectivity index (χ0n) is 18.4. The van der Waals surface area contributed by atoms with Crippen LogP contribution in [0.3, 0.4) is 0 Å². The van der Waals surface area contributed by atoms with E-state index in [0.29, 0.717) is 13.2 Å². The Morgan fingerprint density at radius 2 is 0.824 bits per heavy atom. The lowest BCUT2D eigenvalue weighted by molar-refractivity contribution is 0.235. The van der Waals surface area contributed by atoms with Crippen molar-refractivity contribution in [2.75, 3.05) is 13.2 Å². The van der Waals surface area contributed by atoms with Gasteiger partial charge in [-0.15, -0.1) is 0 Å². The summed E-state index contributed by atoms with van der Waals surface area (Å²) in [6.07, 6.45) is 4.03. The lowest BCUT2D eigenvalue weighted by Gasteiger charge is -2.20. The van der Waals surface area contributed by atoms with Gasteiger partial charge in [0.1, 0.15) is 24.7 Å². The van der Waals surface area contributed by atoms with E-state index in [1.807, 2.05) is 60.7 Å². The molecule has 0 spiro atoms. The number of benzene rings is 4. The van der Waals surface area contributed by atoms with Crippen LogP contribution in [-0.2, 0) is 0 Å². The van der Waals surface area contributed by atoms with E-state index in [9.17, 15) is 0 Å². The van der Waals surface area contributed by atoms with Crippen LogP contribution < -0.4 is 18.9 Å². The van der Waals surface area contributed by atoms with Gasteiger partial charge in [0.05, 0.1) is 0 Å². The summed E-state index contributed by atoms with van der Waals surface area (Å²) in [6, 6.07) is 32.3. The number of hydrogen-bond acceptors (Lipinski definition) is 4. The van der Waals surface area contributed by atoms with Crippen LogP contribution in [-0.4, -0.2) is 13.2 Å². The maximum atomic E-state index is 5.96. The Labute approximate surface area is 198 Å². The first-order valence-corrected chi connectivity index (χ1v) is 11.2. The summed E-state index contributed by atoms with van der Waals surface area (Å²) in [5.41, 5.74) is 4.44. The summed E-state index contributed by atoms with van der Waals surface area (Å²) in [6.45, 7) is 0.853. The maximum Gasteiger partial charge on any atom is 0.169 e. The molecule has 4 aromatic carbocycles. The second-order valence-corrected chi connectivity index (χ2v) is 8.14. The molecule has 4 aromatic rings. The van der Waals surface area contributed by atoms with Crippen molar-refractivity contribution in [2.24, 2.45) is 0 Å². The first-order valence-electron chi connectivity index (χ1n) is 11.2. The highest BCUT2D eigenvalue weighted by molar-refractivity contribution is 5.68. The van der Waals surface area contributed by atoms with Gasteiger partial charge in [-0.05, 0) is 58.7 Å². The van der Waals surface area contributed by atoms with E-state index in [0.717, 1.165) is 56.8 Å². The molecule has 2 aliphatic rings. The van der Waals surface area contributed by atoms with Gasteiger partial charge in [-0.25, -0.2) is 0 Å². The van der Waals surface area contributed by atoms with Gasteiger partial charge in [0.15, 0.2) is 23.0 Å². The molecule has 0 aliphatic carbocycles. The summed E-state index contributed by atoms with van der Waals surface area (Å²) in [4.78, 5) is 0. The van der Waals surface area contributed by atoms with Crippen molar-refractivity contribution < 1.29 is 18.9 Å². The Kier molecular flexibility index (Phi) is 5.24. The first-order chi connectivity index (χ1) is 16.8. The van der Waals surface area contributed by atoms with E-state index in [4.69, 9.17) is 18.9 Å². The van der Waals surface area contributed by atoms with Crippen LogP contribution in [0.25, 0.3) is 23.3 Å². The van der Waals surface area contributed by atoms with Gasteiger partial charge in [0, 0.05) is 0 Å². The summed E-state index contributed by atoms with van der Waals surface area (Å²) >= 11 is 0. The van der Waals surface area contributed by atoms with E-state index < -0.39 is 0 Å². The van der Waals surface area contributed by atoms with Gasteiger partial charge < -0.3 is 18.9 Å². The summed E-state index contributed by atoms with van der Waals surface area (Å²) in [7, 11) is 0. The SMILES string of the molecule is C(=C1\COc2ccccc2O1)/c1ccc(-c2ccc(/C=C3/COc4ccccc4O3)cc2)cc1. The fourth-order valence-electron chi connectivity index (χ4n) is 4.00. The highest BCUT2D eigenvalue weighted by Gasteiger charge is 2.15. The molecule has 0 bridgehead atoms. The Morgan fingerprint density at radius 3 is 1.24 bits per heavy atom. The van der Waals surface area contributed by atoms with Crippen molar-refractivity contribution in [3.63, 3.8) is 0 Å². The van der Waals surface area contributed by atoms with Gasteiger partial charge in [0.2, 0.25) is 0 Å². The predicted molar refractivity (Wildman–Crippen MR) is 133 cm³/mol. The minimum atomic E-state index is 0.427. The summed E-state index contributed by atoms with van der Waals surface area (Å²) in [5.74, 6) is 4.64. The van der Waals surface area contributed by atoms with Crippen molar-refractivity contribution in [1.29, 1.82) is 0 Å². The molecule has 0 fully saturated rings. The van der Waals surface area contributed by atoms with E-state index in [-0.39, 0.29) is 0 Å².